The van der Waals surface area contributed by atoms with E-state index in [1.165, 1.54) is 6.20 Å². The first-order chi connectivity index (χ1) is 7.66. The predicted octanol–water partition coefficient (Wildman–Crippen LogP) is 2.28. The van der Waals surface area contributed by atoms with E-state index in [0.717, 1.165) is 0 Å². The summed E-state index contributed by atoms with van der Waals surface area (Å²) in [5, 5.41) is 6.43. The summed E-state index contributed by atoms with van der Waals surface area (Å²) >= 11 is 5.69. The summed E-state index contributed by atoms with van der Waals surface area (Å²) in [6, 6.07) is 4.97. The number of hydrogen-bond donors (Lipinski definition) is 1. The van der Waals surface area contributed by atoms with E-state index in [2.05, 4.69) is 15.5 Å². The highest BCUT2D eigenvalue weighted by Gasteiger charge is 2.13. The monoisotopic (exact) mass is 237 g/mol. The van der Waals surface area contributed by atoms with E-state index in [9.17, 15) is 4.79 Å². The topological polar surface area (TPSA) is 68.0 Å². The zero-order valence-corrected chi connectivity index (χ0v) is 9.15. The lowest BCUT2D eigenvalue weighted by atomic mass is 10.2. The predicted molar refractivity (Wildman–Crippen MR) is 58.4 cm³/mol. The number of anilines is 1. The van der Waals surface area contributed by atoms with Crippen LogP contribution in [0.2, 0.25) is 5.15 Å². The highest BCUT2D eigenvalue weighted by molar-refractivity contribution is 6.29. The summed E-state index contributed by atoms with van der Waals surface area (Å²) in [5.74, 6) is 0.520. The Hall–Kier alpha value is -1.88. The largest absolute Gasteiger partial charge is 0.361 e. The Morgan fingerprint density at radius 3 is 2.94 bits per heavy atom. The summed E-state index contributed by atoms with van der Waals surface area (Å²) < 4.78 is 4.79. The van der Waals surface area contributed by atoms with E-state index in [1.807, 2.05) is 0 Å². The van der Waals surface area contributed by atoms with Crippen LogP contribution in [-0.2, 0) is 0 Å². The fourth-order valence-corrected chi connectivity index (χ4v) is 1.34. The molecule has 0 spiro atoms. The second-order valence-electron chi connectivity index (χ2n) is 3.10. The van der Waals surface area contributed by atoms with E-state index in [4.69, 9.17) is 16.1 Å². The third-order valence-corrected chi connectivity index (χ3v) is 2.16. The summed E-state index contributed by atoms with van der Waals surface area (Å²) in [5.41, 5.74) is 0.377. The van der Waals surface area contributed by atoms with Crippen molar-refractivity contribution in [3.8, 4) is 0 Å². The summed E-state index contributed by atoms with van der Waals surface area (Å²) in [6.45, 7) is 1.66. The molecule has 0 aliphatic rings. The Morgan fingerprint density at radius 2 is 2.31 bits per heavy atom. The molecule has 82 valence electrons. The van der Waals surface area contributed by atoms with Crippen LogP contribution in [-0.4, -0.2) is 16.0 Å². The number of rotatable bonds is 2. The smallest absolute Gasteiger partial charge is 0.262 e. The number of nitrogens with zero attached hydrogens (tertiary/aromatic N) is 2. The van der Waals surface area contributed by atoms with Crippen LogP contribution in [0.4, 0.5) is 5.82 Å². The van der Waals surface area contributed by atoms with Gasteiger partial charge in [0.15, 0.2) is 0 Å². The van der Waals surface area contributed by atoms with Crippen molar-refractivity contribution in [1.82, 2.24) is 10.1 Å². The molecule has 0 unspecified atom stereocenters. The molecule has 0 aromatic carbocycles. The molecule has 1 amide bonds. The van der Waals surface area contributed by atoms with Crippen LogP contribution in [0.1, 0.15) is 16.1 Å². The van der Waals surface area contributed by atoms with Crippen molar-refractivity contribution >= 4 is 23.3 Å². The quantitative estimate of drug-likeness (QED) is 0.814. The maximum atomic E-state index is 11.7. The number of carbonyl (C=O) groups excluding carboxylic acids is 1. The van der Waals surface area contributed by atoms with Crippen molar-refractivity contribution in [2.45, 2.75) is 6.92 Å². The van der Waals surface area contributed by atoms with Crippen LogP contribution < -0.4 is 5.32 Å². The van der Waals surface area contributed by atoms with Crippen molar-refractivity contribution < 1.29 is 9.32 Å². The van der Waals surface area contributed by atoms with Crippen LogP contribution in [0.15, 0.2) is 28.9 Å². The van der Waals surface area contributed by atoms with Crippen LogP contribution in [0.5, 0.6) is 0 Å². The molecule has 0 bridgehead atoms. The normalized spacial score (nSPS) is 10.1. The van der Waals surface area contributed by atoms with Gasteiger partial charge in [0.05, 0.1) is 6.20 Å². The maximum absolute atomic E-state index is 11.7. The number of halogens is 1. The molecule has 2 aromatic rings. The fraction of sp³-hybridized carbons (Fsp3) is 0.100. The molecular weight excluding hydrogens is 230 g/mol. The molecule has 0 fully saturated rings. The van der Waals surface area contributed by atoms with Crippen LogP contribution in [0.3, 0.4) is 0 Å². The van der Waals surface area contributed by atoms with Gasteiger partial charge in [-0.1, -0.05) is 22.8 Å². The van der Waals surface area contributed by atoms with Gasteiger partial charge in [0, 0.05) is 0 Å². The molecule has 2 aromatic heterocycles. The van der Waals surface area contributed by atoms with Crippen molar-refractivity contribution in [1.29, 1.82) is 0 Å². The zero-order valence-electron chi connectivity index (χ0n) is 8.40. The lowest BCUT2D eigenvalue weighted by molar-refractivity contribution is 0.102. The Labute approximate surface area is 96.4 Å². The number of carbonyl (C=O) groups is 1. The second kappa shape index (κ2) is 4.32. The molecule has 0 saturated heterocycles. The molecular formula is C10H8ClN3O2. The summed E-state index contributed by atoms with van der Waals surface area (Å²) in [6.07, 6.45) is 1.36. The molecule has 2 rings (SSSR count). The number of aryl methyl sites for hydroxylation is 1. The van der Waals surface area contributed by atoms with Gasteiger partial charge in [0.1, 0.15) is 22.3 Å². The van der Waals surface area contributed by atoms with Crippen molar-refractivity contribution in [2.24, 2.45) is 0 Å². The number of amides is 1. The molecule has 0 aliphatic carbocycles. The van der Waals surface area contributed by atoms with Gasteiger partial charge in [-0.25, -0.2) is 4.98 Å². The Balaban J connectivity index is 2.17. The molecule has 0 aliphatic heterocycles. The van der Waals surface area contributed by atoms with E-state index in [0.29, 0.717) is 22.3 Å². The highest BCUT2D eigenvalue weighted by Crippen LogP contribution is 2.12. The number of aromatic nitrogens is 2. The zero-order chi connectivity index (χ0) is 11.5. The van der Waals surface area contributed by atoms with Gasteiger partial charge in [-0.15, -0.1) is 0 Å². The molecule has 6 heteroatoms. The number of pyridine rings is 1. The third kappa shape index (κ3) is 2.20. The molecule has 0 radical (unpaired) electrons. The van der Waals surface area contributed by atoms with Gasteiger partial charge in [0.25, 0.3) is 5.91 Å². The molecule has 1 N–H and O–H groups in total. The maximum Gasteiger partial charge on any atom is 0.262 e. The van der Waals surface area contributed by atoms with Crippen LogP contribution in [0, 0.1) is 6.92 Å². The first-order valence-corrected chi connectivity index (χ1v) is 4.90. The number of nitrogens with one attached hydrogen (secondary N) is 1. The minimum atomic E-state index is -0.325. The van der Waals surface area contributed by atoms with Crippen LogP contribution in [0.25, 0.3) is 0 Å². The Morgan fingerprint density at radius 1 is 1.50 bits per heavy atom. The first-order valence-electron chi connectivity index (χ1n) is 4.52. The SMILES string of the molecule is Cc1oncc1C(=O)Nc1cccc(Cl)n1. The summed E-state index contributed by atoms with van der Waals surface area (Å²) in [7, 11) is 0. The average molecular weight is 238 g/mol. The minimum Gasteiger partial charge on any atom is -0.361 e. The van der Waals surface area contributed by atoms with Gasteiger partial charge in [-0.3, -0.25) is 4.79 Å². The lowest BCUT2D eigenvalue weighted by Gasteiger charge is -2.02. The standard InChI is InChI=1S/C10H8ClN3O2/c1-6-7(5-12-16-6)10(15)14-9-4-2-3-8(11)13-9/h2-5H,1H3,(H,13,14,15). The van der Waals surface area contributed by atoms with Gasteiger partial charge >= 0.3 is 0 Å². The molecule has 0 atom stereocenters. The minimum absolute atomic E-state index is 0.319. The van der Waals surface area contributed by atoms with Gasteiger partial charge in [0.2, 0.25) is 0 Å². The van der Waals surface area contributed by atoms with Gasteiger partial charge in [-0.2, -0.15) is 0 Å². The highest BCUT2D eigenvalue weighted by atomic mass is 35.5. The van der Waals surface area contributed by atoms with Gasteiger partial charge in [-0.05, 0) is 19.1 Å². The molecule has 5 nitrogen and oxygen atoms in total. The molecule has 16 heavy (non-hydrogen) atoms. The van der Waals surface area contributed by atoms with Crippen molar-refractivity contribution in [3.05, 3.63) is 40.9 Å². The Bertz CT molecular complexity index is 524. The van der Waals surface area contributed by atoms with Gasteiger partial charge < -0.3 is 9.84 Å². The fourth-order valence-electron chi connectivity index (χ4n) is 1.18. The van der Waals surface area contributed by atoms with Crippen LogP contribution >= 0.6 is 11.6 Å². The van der Waals surface area contributed by atoms with E-state index in [-0.39, 0.29) is 5.91 Å². The van der Waals surface area contributed by atoms with E-state index < -0.39 is 0 Å². The third-order valence-electron chi connectivity index (χ3n) is 1.95. The van der Waals surface area contributed by atoms with Crippen molar-refractivity contribution in [2.75, 3.05) is 5.32 Å². The second-order valence-corrected chi connectivity index (χ2v) is 3.48. The summed E-state index contributed by atoms with van der Waals surface area (Å²) in [4.78, 5) is 15.6. The first kappa shape index (κ1) is 10.6. The van der Waals surface area contributed by atoms with Crippen molar-refractivity contribution in [3.63, 3.8) is 0 Å². The molecule has 2 heterocycles. The number of hydrogen-bond acceptors (Lipinski definition) is 4. The van der Waals surface area contributed by atoms with E-state index in [1.54, 1.807) is 25.1 Å². The van der Waals surface area contributed by atoms with E-state index >= 15 is 0 Å². The Kier molecular flexibility index (Phi) is 2.87. The average Bonchev–Trinajstić information content (AvgIpc) is 2.64. The lowest BCUT2D eigenvalue weighted by Crippen LogP contribution is -2.13. The molecule has 0 saturated carbocycles.